The molecule has 1 aromatic carbocycles. The highest BCUT2D eigenvalue weighted by Gasteiger charge is 2.40. The number of benzene rings is 1. The van der Waals surface area contributed by atoms with Crippen LogP contribution >= 0.6 is 11.6 Å². The van der Waals surface area contributed by atoms with Crippen LogP contribution in [-0.2, 0) is 13.5 Å². The standard InChI is InChI=1S/C24H24ClF3N4O2/c1-5-13-11-15-21(30-31(3)22(15)12-9-16(26)20(28)17(27)10-12)18(6-2)32(13)24(33)14-7-8-29-23(34-4)19(14)25/h7-10,13,18H,5-6,11H2,1-4H3. The summed E-state index contributed by atoms with van der Waals surface area (Å²) in [5, 5.41) is 4.76. The van der Waals surface area contributed by atoms with Gasteiger partial charge in [0.15, 0.2) is 17.5 Å². The van der Waals surface area contributed by atoms with Crippen LogP contribution in [0.1, 0.15) is 54.3 Å². The Morgan fingerprint density at radius 1 is 1.21 bits per heavy atom. The Bertz CT molecular complexity index is 1240. The molecule has 2 atom stereocenters. The van der Waals surface area contributed by atoms with Gasteiger partial charge in [0.2, 0.25) is 5.88 Å². The number of carbonyl (C=O) groups excluding carboxylic acids is 1. The molecule has 1 amide bonds. The lowest BCUT2D eigenvalue weighted by Gasteiger charge is -2.41. The highest BCUT2D eigenvalue weighted by molar-refractivity contribution is 6.35. The minimum Gasteiger partial charge on any atom is -0.480 e. The first kappa shape index (κ1) is 24.1. The number of nitrogens with zero attached hydrogens (tertiary/aromatic N) is 4. The van der Waals surface area contributed by atoms with Crippen molar-refractivity contribution in [1.82, 2.24) is 19.7 Å². The molecule has 10 heteroatoms. The Labute approximate surface area is 200 Å². The van der Waals surface area contributed by atoms with Crippen LogP contribution in [0.3, 0.4) is 0 Å². The zero-order valence-corrected chi connectivity index (χ0v) is 20.0. The zero-order valence-electron chi connectivity index (χ0n) is 19.2. The number of ether oxygens (including phenoxy) is 1. The number of carbonyl (C=O) groups is 1. The molecule has 6 nitrogen and oxygen atoms in total. The van der Waals surface area contributed by atoms with E-state index < -0.39 is 23.5 Å². The molecule has 0 saturated heterocycles. The number of aryl methyl sites for hydroxylation is 1. The number of amides is 1. The Kier molecular flexibility index (Phi) is 6.58. The van der Waals surface area contributed by atoms with Gasteiger partial charge in [0, 0.05) is 30.4 Å². The number of hydrogen-bond acceptors (Lipinski definition) is 4. The first-order valence-electron chi connectivity index (χ1n) is 10.9. The number of fused-ring (bicyclic) bond motifs is 1. The molecule has 2 aromatic heterocycles. The van der Waals surface area contributed by atoms with Crippen LogP contribution in [0.2, 0.25) is 5.02 Å². The van der Waals surface area contributed by atoms with Gasteiger partial charge < -0.3 is 9.64 Å². The summed E-state index contributed by atoms with van der Waals surface area (Å²) in [6, 6.07) is 2.87. The summed E-state index contributed by atoms with van der Waals surface area (Å²) in [6.07, 6.45) is 3.06. The summed E-state index contributed by atoms with van der Waals surface area (Å²) >= 11 is 6.40. The molecule has 0 spiro atoms. The molecule has 0 saturated carbocycles. The van der Waals surface area contributed by atoms with Gasteiger partial charge in [0.05, 0.1) is 30.1 Å². The van der Waals surface area contributed by atoms with Crippen molar-refractivity contribution < 1.29 is 22.7 Å². The van der Waals surface area contributed by atoms with Crippen LogP contribution in [0.4, 0.5) is 13.2 Å². The normalized spacial score (nSPS) is 17.6. The SMILES string of the molecule is CCC1Cc2c(nn(C)c2-c2cc(F)c(F)c(F)c2)C(CC)N1C(=O)c1ccnc(OC)c1Cl. The van der Waals surface area contributed by atoms with Crippen molar-refractivity contribution >= 4 is 17.5 Å². The molecule has 0 bridgehead atoms. The summed E-state index contributed by atoms with van der Waals surface area (Å²) in [6.45, 7) is 3.90. The lowest BCUT2D eigenvalue weighted by Crippen LogP contribution is -2.47. The second-order valence-electron chi connectivity index (χ2n) is 8.17. The summed E-state index contributed by atoms with van der Waals surface area (Å²) < 4.78 is 48.3. The molecule has 3 heterocycles. The lowest BCUT2D eigenvalue weighted by atomic mass is 9.87. The van der Waals surface area contributed by atoms with E-state index in [1.807, 2.05) is 13.8 Å². The van der Waals surface area contributed by atoms with Gasteiger partial charge in [-0.05, 0) is 37.5 Å². The average molecular weight is 493 g/mol. The Balaban J connectivity index is 1.84. The van der Waals surface area contributed by atoms with Gasteiger partial charge in [-0.3, -0.25) is 9.48 Å². The van der Waals surface area contributed by atoms with Crippen molar-refractivity contribution in [3.05, 3.63) is 63.7 Å². The van der Waals surface area contributed by atoms with Crippen molar-refractivity contribution in [2.45, 2.75) is 45.2 Å². The van der Waals surface area contributed by atoms with Crippen molar-refractivity contribution in [2.24, 2.45) is 7.05 Å². The Morgan fingerprint density at radius 3 is 2.47 bits per heavy atom. The minimum atomic E-state index is -1.51. The van der Waals surface area contributed by atoms with Crippen molar-refractivity contribution in [2.75, 3.05) is 7.11 Å². The van der Waals surface area contributed by atoms with E-state index in [1.54, 1.807) is 18.0 Å². The molecule has 0 aliphatic carbocycles. The molecule has 1 aliphatic heterocycles. The highest BCUT2D eigenvalue weighted by atomic mass is 35.5. The fourth-order valence-electron chi connectivity index (χ4n) is 4.74. The first-order chi connectivity index (χ1) is 16.2. The topological polar surface area (TPSA) is 60.2 Å². The molecule has 2 unspecified atom stereocenters. The molecule has 4 rings (SSSR count). The summed E-state index contributed by atoms with van der Waals surface area (Å²) in [5.41, 5.74) is 2.39. The summed E-state index contributed by atoms with van der Waals surface area (Å²) in [4.78, 5) is 19.5. The Hall–Kier alpha value is -3.07. The van der Waals surface area contributed by atoms with Gasteiger partial charge in [0.25, 0.3) is 5.91 Å². The third-order valence-electron chi connectivity index (χ3n) is 6.29. The van der Waals surface area contributed by atoms with Crippen LogP contribution < -0.4 is 4.74 Å². The minimum absolute atomic E-state index is 0.129. The van der Waals surface area contributed by atoms with Crippen molar-refractivity contribution in [3.8, 4) is 17.1 Å². The largest absolute Gasteiger partial charge is 0.480 e. The monoisotopic (exact) mass is 492 g/mol. The number of methoxy groups -OCH3 is 1. The smallest absolute Gasteiger partial charge is 0.256 e. The quantitative estimate of drug-likeness (QED) is 0.442. The molecule has 1 aliphatic rings. The predicted molar refractivity (Wildman–Crippen MR) is 121 cm³/mol. The second-order valence-corrected chi connectivity index (χ2v) is 8.55. The van der Waals surface area contributed by atoms with E-state index in [0.717, 1.165) is 17.7 Å². The number of aromatic nitrogens is 3. The van der Waals surface area contributed by atoms with E-state index in [4.69, 9.17) is 16.3 Å². The molecular formula is C24H24ClF3N4O2. The third kappa shape index (κ3) is 3.81. The van der Waals surface area contributed by atoms with E-state index >= 15 is 0 Å². The maximum absolute atomic E-state index is 14.0. The lowest BCUT2D eigenvalue weighted by molar-refractivity contribution is 0.0512. The van der Waals surface area contributed by atoms with Crippen LogP contribution in [0.15, 0.2) is 24.4 Å². The Morgan fingerprint density at radius 2 is 1.88 bits per heavy atom. The first-order valence-corrected chi connectivity index (χ1v) is 11.3. The fraction of sp³-hybridized carbons (Fsp3) is 0.375. The molecular weight excluding hydrogens is 469 g/mol. The van der Waals surface area contributed by atoms with Gasteiger partial charge in [-0.15, -0.1) is 0 Å². The predicted octanol–water partition coefficient (Wildman–Crippen LogP) is 5.49. The van der Waals surface area contributed by atoms with Crippen LogP contribution in [-0.4, -0.2) is 38.7 Å². The maximum Gasteiger partial charge on any atom is 0.256 e. The number of pyridine rings is 1. The number of hydrogen-bond donors (Lipinski definition) is 0. The van der Waals surface area contributed by atoms with Gasteiger partial charge in [-0.2, -0.15) is 5.10 Å². The molecule has 34 heavy (non-hydrogen) atoms. The van der Waals surface area contributed by atoms with Gasteiger partial charge in [-0.25, -0.2) is 18.2 Å². The van der Waals surface area contributed by atoms with E-state index in [0.29, 0.717) is 30.7 Å². The number of halogens is 4. The number of rotatable bonds is 5. The summed E-state index contributed by atoms with van der Waals surface area (Å²) in [5.74, 6) is -4.16. The van der Waals surface area contributed by atoms with Crippen LogP contribution in [0.5, 0.6) is 5.88 Å². The average Bonchev–Trinajstić information content (AvgIpc) is 3.15. The van der Waals surface area contributed by atoms with Crippen molar-refractivity contribution in [3.63, 3.8) is 0 Å². The zero-order chi connectivity index (χ0) is 24.7. The van der Waals surface area contributed by atoms with E-state index in [-0.39, 0.29) is 34.0 Å². The van der Waals surface area contributed by atoms with Gasteiger partial charge in [0.1, 0.15) is 5.02 Å². The molecule has 0 radical (unpaired) electrons. The second kappa shape index (κ2) is 9.29. The third-order valence-corrected chi connectivity index (χ3v) is 6.66. The van der Waals surface area contributed by atoms with E-state index in [1.165, 1.54) is 18.0 Å². The molecule has 0 N–H and O–H groups in total. The highest BCUT2D eigenvalue weighted by Crippen LogP contribution is 2.42. The molecule has 0 fully saturated rings. The van der Waals surface area contributed by atoms with E-state index in [9.17, 15) is 18.0 Å². The van der Waals surface area contributed by atoms with Crippen LogP contribution in [0, 0.1) is 17.5 Å². The van der Waals surface area contributed by atoms with E-state index in [2.05, 4.69) is 10.1 Å². The van der Waals surface area contributed by atoms with Crippen molar-refractivity contribution in [1.29, 1.82) is 0 Å². The molecule has 3 aromatic rings. The fourth-order valence-corrected chi connectivity index (χ4v) is 5.01. The summed E-state index contributed by atoms with van der Waals surface area (Å²) in [7, 11) is 3.09. The maximum atomic E-state index is 14.0. The van der Waals surface area contributed by atoms with Gasteiger partial charge >= 0.3 is 0 Å². The van der Waals surface area contributed by atoms with Gasteiger partial charge in [-0.1, -0.05) is 25.4 Å². The molecule has 180 valence electrons. The van der Waals surface area contributed by atoms with Crippen LogP contribution in [0.25, 0.3) is 11.3 Å².